The number of carboxylic acid groups (broad SMARTS) is 1. The van der Waals surface area contributed by atoms with Crippen LogP contribution in [0.3, 0.4) is 0 Å². The van der Waals surface area contributed by atoms with Gasteiger partial charge in [-0.2, -0.15) is 0 Å². The molecule has 1 N–H and O–H groups in total. The summed E-state index contributed by atoms with van der Waals surface area (Å²) in [6.07, 6.45) is -0.711. The number of alkyl halides is 2. The van der Waals surface area contributed by atoms with Crippen molar-refractivity contribution < 1.29 is 18.7 Å². The predicted octanol–water partition coefficient (Wildman–Crippen LogP) is 4.62. The van der Waals surface area contributed by atoms with E-state index in [1.165, 1.54) is 6.07 Å². The van der Waals surface area contributed by atoms with Crippen molar-refractivity contribution in [3.8, 4) is 0 Å². The number of carbonyl (C=O) groups is 1. The Labute approximate surface area is 112 Å². The molecule has 0 unspecified atom stereocenters. The highest BCUT2D eigenvalue weighted by atomic mass is 79.9. The van der Waals surface area contributed by atoms with Gasteiger partial charge in [-0.15, -0.1) is 11.3 Å². The van der Waals surface area contributed by atoms with Crippen LogP contribution >= 0.6 is 43.2 Å². The summed E-state index contributed by atoms with van der Waals surface area (Å²) >= 11 is 7.23. The first-order valence-corrected chi connectivity index (χ1v) is 6.78. The molecule has 1 aromatic rings. The van der Waals surface area contributed by atoms with Crippen LogP contribution in [-0.4, -0.2) is 11.1 Å². The van der Waals surface area contributed by atoms with E-state index < -0.39 is 18.3 Å². The molecule has 0 fully saturated rings. The van der Waals surface area contributed by atoms with Gasteiger partial charge in [-0.25, -0.2) is 8.78 Å². The standard InChI is InChI=1S/C9H8Br2F2O2S/c10-5-4-6(16-8(5)11)9(12,13)3-1-2-7(14)15/h4H,1-3H2,(H,14,15). The minimum Gasteiger partial charge on any atom is -0.481 e. The molecule has 7 heteroatoms. The zero-order chi connectivity index (χ0) is 12.3. The van der Waals surface area contributed by atoms with Crippen molar-refractivity contribution in [2.45, 2.75) is 25.2 Å². The molecule has 0 aliphatic heterocycles. The molecule has 0 atom stereocenters. The van der Waals surface area contributed by atoms with Crippen molar-refractivity contribution in [2.24, 2.45) is 0 Å². The van der Waals surface area contributed by atoms with Gasteiger partial charge in [0.05, 0.1) is 8.66 Å². The van der Waals surface area contributed by atoms with Crippen LogP contribution in [0, 0.1) is 0 Å². The summed E-state index contributed by atoms with van der Waals surface area (Å²) in [5, 5.41) is 8.37. The molecular weight excluding hydrogens is 370 g/mol. The largest absolute Gasteiger partial charge is 0.481 e. The maximum atomic E-state index is 13.6. The van der Waals surface area contributed by atoms with Gasteiger partial charge in [-0.3, -0.25) is 4.79 Å². The maximum absolute atomic E-state index is 13.6. The highest BCUT2D eigenvalue weighted by Crippen LogP contribution is 2.42. The zero-order valence-corrected chi connectivity index (χ0v) is 12.0. The van der Waals surface area contributed by atoms with Crippen LogP contribution in [0.2, 0.25) is 0 Å². The second-order valence-corrected chi connectivity index (χ2v) is 6.41. The molecule has 0 amide bonds. The Kier molecular flexibility index (Phi) is 4.88. The average molecular weight is 378 g/mol. The highest BCUT2D eigenvalue weighted by molar-refractivity contribution is 9.13. The minimum atomic E-state index is -2.96. The van der Waals surface area contributed by atoms with E-state index in [1.54, 1.807) is 0 Å². The number of rotatable bonds is 5. The first-order chi connectivity index (χ1) is 7.33. The molecule has 90 valence electrons. The van der Waals surface area contributed by atoms with Gasteiger partial charge in [0.25, 0.3) is 5.92 Å². The van der Waals surface area contributed by atoms with E-state index in [0.29, 0.717) is 8.26 Å². The lowest BCUT2D eigenvalue weighted by atomic mass is 10.1. The maximum Gasteiger partial charge on any atom is 0.303 e. The number of hydrogen-bond acceptors (Lipinski definition) is 2. The van der Waals surface area contributed by atoms with E-state index >= 15 is 0 Å². The Bertz CT molecular complexity index is 373. The third-order valence-corrected chi connectivity index (χ3v) is 5.26. The normalized spacial score (nSPS) is 11.8. The third-order valence-electron chi connectivity index (χ3n) is 1.89. The number of thiophene rings is 1. The molecular formula is C9H8Br2F2O2S. The summed E-state index contributed by atoms with van der Waals surface area (Å²) in [6.45, 7) is 0. The molecule has 0 saturated carbocycles. The molecule has 0 spiro atoms. The SMILES string of the molecule is O=C(O)CCCC(F)(F)c1cc(Br)c(Br)s1. The monoisotopic (exact) mass is 376 g/mol. The van der Waals surface area contributed by atoms with E-state index in [1.807, 2.05) is 0 Å². The van der Waals surface area contributed by atoms with Crippen molar-refractivity contribution in [1.82, 2.24) is 0 Å². The Morgan fingerprint density at radius 1 is 1.50 bits per heavy atom. The van der Waals surface area contributed by atoms with Crippen molar-refractivity contribution in [1.29, 1.82) is 0 Å². The van der Waals surface area contributed by atoms with Gasteiger partial charge in [0.1, 0.15) is 0 Å². The Balaban J connectivity index is 2.66. The van der Waals surface area contributed by atoms with Crippen LogP contribution in [0.1, 0.15) is 24.1 Å². The lowest BCUT2D eigenvalue weighted by molar-refractivity contribution is -0.137. The quantitative estimate of drug-likeness (QED) is 0.812. The first-order valence-electron chi connectivity index (χ1n) is 4.38. The first kappa shape index (κ1) is 14.1. The van der Waals surface area contributed by atoms with Crippen molar-refractivity contribution in [3.05, 3.63) is 19.2 Å². The van der Waals surface area contributed by atoms with Crippen molar-refractivity contribution in [3.63, 3.8) is 0 Å². The Morgan fingerprint density at radius 2 is 2.12 bits per heavy atom. The summed E-state index contributed by atoms with van der Waals surface area (Å²) in [6, 6.07) is 1.36. The smallest absolute Gasteiger partial charge is 0.303 e. The van der Waals surface area contributed by atoms with Gasteiger partial charge >= 0.3 is 5.97 Å². The predicted molar refractivity (Wildman–Crippen MR) is 65.1 cm³/mol. The van der Waals surface area contributed by atoms with Crippen LogP contribution in [0.15, 0.2) is 14.3 Å². The van der Waals surface area contributed by atoms with E-state index in [9.17, 15) is 13.6 Å². The lowest BCUT2D eigenvalue weighted by Crippen LogP contribution is -2.12. The Morgan fingerprint density at radius 3 is 2.56 bits per heavy atom. The minimum absolute atomic E-state index is 0.0323. The molecule has 0 saturated heterocycles. The number of carboxylic acids is 1. The molecule has 16 heavy (non-hydrogen) atoms. The van der Waals surface area contributed by atoms with Gasteiger partial charge in [-0.1, -0.05) is 0 Å². The fraction of sp³-hybridized carbons (Fsp3) is 0.444. The molecule has 0 aliphatic carbocycles. The van der Waals surface area contributed by atoms with E-state index in [0.717, 1.165) is 11.3 Å². The lowest BCUT2D eigenvalue weighted by Gasteiger charge is -2.13. The van der Waals surface area contributed by atoms with E-state index in [-0.39, 0.29) is 17.7 Å². The van der Waals surface area contributed by atoms with Crippen LogP contribution in [0.5, 0.6) is 0 Å². The summed E-state index contributed by atoms with van der Waals surface area (Å²) in [5.74, 6) is -4.02. The summed E-state index contributed by atoms with van der Waals surface area (Å²) < 4.78 is 28.4. The molecule has 1 heterocycles. The number of hydrogen-bond donors (Lipinski definition) is 1. The number of aliphatic carboxylic acids is 1. The van der Waals surface area contributed by atoms with Crippen LogP contribution in [-0.2, 0) is 10.7 Å². The van der Waals surface area contributed by atoms with Crippen LogP contribution in [0.4, 0.5) is 8.78 Å². The molecule has 1 rings (SSSR count). The van der Waals surface area contributed by atoms with E-state index in [4.69, 9.17) is 5.11 Å². The van der Waals surface area contributed by atoms with Gasteiger partial charge in [0, 0.05) is 17.3 Å². The average Bonchev–Trinajstić information content (AvgIpc) is 2.46. The fourth-order valence-corrected chi connectivity index (χ4v) is 3.15. The second-order valence-electron chi connectivity index (χ2n) is 3.18. The third kappa shape index (κ3) is 3.78. The molecule has 0 radical (unpaired) electrons. The van der Waals surface area contributed by atoms with Crippen LogP contribution in [0.25, 0.3) is 0 Å². The Hall–Kier alpha value is -0.0100. The molecule has 0 aliphatic rings. The summed E-state index contributed by atoms with van der Waals surface area (Å²) in [4.78, 5) is 10.2. The van der Waals surface area contributed by atoms with Crippen molar-refractivity contribution >= 4 is 49.2 Å². The highest BCUT2D eigenvalue weighted by Gasteiger charge is 2.33. The van der Waals surface area contributed by atoms with Gasteiger partial charge in [0.15, 0.2) is 0 Å². The summed E-state index contributed by atoms with van der Waals surface area (Å²) in [5.41, 5.74) is 0. The molecule has 0 aromatic carbocycles. The number of halogens is 4. The zero-order valence-electron chi connectivity index (χ0n) is 7.97. The van der Waals surface area contributed by atoms with Gasteiger partial charge < -0.3 is 5.11 Å². The van der Waals surface area contributed by atoms with Crippen molar-refractivity contribution in [2.75, 3.05) is 0 Å². The molecule has 0 bridgehead atoms. The topological polar surface area (TPSA) is 37.3 Å². The van der Waals surface area contributed by atoms with Crippen LogP contribution < -0.4 is 0 Å². The van der Waals surface area contributed by atoms with Gasteiger partial charge in [-0.05, 0) is 44.3 Å². The van der Waals surface area contributed by atoms with E-state index in [2.05, 4.69) is 31.9 Å². The fourth-order valence-electron chi connectivity index (χ4n) is 1.11. The molecule has 1 aromatic heterocycles. The summed E-state index contributed by atoms with van der Waals surface area (Å²) in [7, 11) is 0. The second kappa shape index (κ2) is 5.55. The van der Waals surface area contributed by atoms with Gasteiger partial charge in [0.2, 0.25) is 0 Å². The molecule has 2 nitrogen and oxygen atoms in total.